The molecule has 273 valence electrons. The molecule has 0 bridgehead atoms. The van der Waals surface area contributed by atoms with Crippen LogP contribution in [0.5, 0.6) is 0 Å². The second kappa shape index (κ2) is 26.6. The predicted octanol–water partition coefficient (Wildman–Crippen LogP) is 13.5. The van der Waals surface area contributed by atoms with E-state index in [2.05, 4.69) is 57.0 Å². The van der Waals surface area contributed by atoms with E-state index in [1.54, 1.807) is 75.6 Å². The molecule has 0 unspecified atom stereocenters. The first-order valence-corrected chi connectivity index (χ1v) is 23.6. The van der Waals surface area contributed by atoms with Crippen LogP contribution in [0.25, 0.3) is 0 Å². The van der Waals surface area contributed by atoms with Gasteiger partial charge in [0.25, 0.3) is 0 Å². The molecule has 0 spiro atoms. The second-order valence-corrected chi connectivity index (χ2v) is 20.3. The zero-order chi connectivity index (χ0) is 33.8. The molecule has 1 aromatic rings. The van der Waals surface area contributed by atoms with Crippen molar-refractivity contribution in [1.82, 2.24) is 0 Å². The van der Waals surface area contributed by atoms with Gasteiger partial charge in [0, 0.05) is 22.7 Å². The van der Waals surface area contributed by atoms with E-state index in [1.807, 2.05) is 49.8 Å². The molecule has 49 heavy (non-hydrogen) atoms. The fourth-order valence-corrected chi connectivity index (χ4v) is 17.5. The first-order valence-electron chi connectivity index (χ1n) is 19.2. The van der Waals surface area contributed by atoms with Gasteiger partial charge in [0.1, 0.15) is 0 Å². The molecular weight excluding hydrogens is 742 g/mol. The van der Waals surface area contributed by atoms with Gasteiger partial charge in [-0.1, -0.05) is 105 Å². The third-order valence-corrected chi connectivity index (χ3v) is 18.8. The molecule has 6 fully saturated rings. The van der Waals surface area contributed by atoms with E-state index in [4.69, 9.17) is 5.26 Å². The Kier molecular flexibility index (Phi) is 24.0. The first-order chi connectivity index (χ1) is 23.8. The average Bonchev–Trinajstić information content (AvgIpc) is 3.92. The number of hydrogen-bond acceptors (Lipinski definition) is 1. The summed E-state index contributed by atoms with van der Waals surface area (Å²) in [4.78, 5) is 0. The van der Waals surface area contributed by atoms with Crippen LogP contribution in [0.15, 0.2) is 24.3 Å². The van der Waals surface area contributed by atoms with Crippen molar-refractivity contribution >= 4 is 26.0 Å². The molecule has 6 saturated carbocycles. The summed E-state index contributed by atoms with van der Waals surface area (Å²) >= 11 is 3.35. The zero-order valence-corrected chi connectivity index (χ0v) is 34.5. The molecule has 0 amide bonds. The SMILES string of the molecule is C[C@H]([C]1[CH][CH][CH][C]1P(C1CCCCC1)C1CCCCC1)P(C1CCCCC1)C1CCCCC1.N#Cc1cc[c-]cc1.[CH]1[CH][CH][CH][CH]1.[Cl][Ni].[Fe]. The van der Waals surface area contributed by atoms with Crippen molar-refractivity contribution in [1.29, 1.82) is 5.26 Å². The monoisotopic (exact) mass is 801 g/mol. The predicted molar refractivity (Wildman–Crippen MR) is 208 cm³/mol. The third-order valence-electron chi connectivity index (χ3n) is 11.3. The Morgan fingerprint density at radius 3 is 1.39 bits per heavy atom. The van der Waals surface area contributed by atoms with Gasteiger partial charge in [-0.15, -0.1) is 0 Å². The molecule has 1 atom stereocenters. The zero-order valence-electron chi connectivity index (χ0n) is 29.8. The van der Waals surface area contributed by atoms with Crippen LogP contribution < -0.4 is 0 Å². The van der Waals surface area contributed by atoms with Crippen LogP contribution >= 0.6 is 26.0 Å². The number of rotatable bonds is 7. The topological polar surface area (TPSA) is 23.8 Å². The van der Waals surface area contributed by atoms with Gasteiger partial charge in [-0.05, 0) is 137 Å². The molecule has 0 heterocycles. The third kappa shape index (κ3) is 14.6. The molecule has 0 aromatic heterocycles. The summed E-state index contributed by atoms with van der Waals surface area (Å²) in [5, 5.41) is 8.27. The van der Waals surface area contributed by atoms with Gasteiger partial charge in [0.15, 0.2) is 0 Å². The van der Waals surface area contributed by atoms with E-state index < -0.39 is 0 Å². The summed E-state index contributed by atoms with van der Waals surface area (Å²) < 4.78 is 0. The van der Waals surface area contributed by atoms with E-state index >= 15 is 0 Å². The van der Waals surface area contributed by atoms with E-state index in [0.29, 0.717) is 5.56 Å². The van der Waals surface area contributed by atoms with E-state index in [-0.39, 0.29) is 32.9 Å². The summed E-state index contributed by atoms with van der Waals surface area (Å²) in [6.07, 6.45) is 48.4. The summed E-state index contributed by atoms with van der Waals surface area (Å²) in [5.74, 6) is 1.87. The molecule has 6 heteroatoms. The second-order valence-electron chi connectivity index (χ2n) is 14.4. The van der Waals surface area contributed by atoms with Crippen molar-refractivity contribution in [2.24, 2.45) is 0 Å². The normalized spacial score (nSPS) is 24.0. The van der Waals surface area contributed by atoms with E-state index in [9.17, 15) is 0 Å². The molecule has 10 radical (unpaired) electrons. The fourth-order valence-electron chi connectivity index (χ4n) is 9.05. The largest absolute Gasteiger partial charge is 0 e. The van der Waals surface area contributed by atoms with Gasteiger partial charge in [-0.2, -0.15) is 35.6 Å². The summed E-state index contributed by atoms with van der Waals surface area (Å²) in [6, 6.07) is 11.7. The Morgan fingerprint density at radius 1 is 0.633 bits per heavy atom. The molecule has 1 nitrogen and oxygen atoms in total. The smallest absolute Gasteiger partial charge is 0 e. The first kappa shape index (κ1) is 44.3. The number of nitrogens with zero attached hydrogens (tertiary/aromatic N) is 1. The summed E-state index contributed by atoms with van der Waals surface area (Å²) in [7, 11) is 4.43. The fraction of sp³-hybridized carbons (Fsp3) is 0.605. The molecule has 0 aliphatic heterocycles. The Bertz CT molecular complexity index is 938. The van der Waals surface area contributed by atoms with Gasteiger partial charge in [-0.3, -0.25) is 0 Å². The Morgan fingerprint density at radius 2 is 1.02 bits per heavy atom. The summed E-state index contributed by atoms with van der Waals surface area (Å²) in [6.45, 7) is 2.73. The van der Waals surface area contributed by atoms with Crippen molar-refractivity contribution in [3.05, 3.63) is 98.8 Å². The van der Waals surface area contributed by atoms with E-state index in [1.165, 1.54) is 77.0 Å². The maximum atomic E-state index is 8.27. The number of hydrogen-bond donors (Lipinski definition) is 0. The Hall–Kier alpha value is 0.873. The Labute approximate surface area is 329 Å². The van der Waals surface area contributed by atoms with Crippen molar-refractivity contribution in [3.8, 4) is 6.07 Å². The van der Waals surface area contributed by atoms with E-state index in [0.717, 1.165) is 28.3 Å². The Balaban J connectivity index is 0.000000337. The van der Waals surface area contributed by atoms with Crippen LogP contribution in [0, 0.1) is 80.3 Å². The quantitative estimate of drug-likeness (QED) is 0.153. The van der Waals surface area contributed by atoms with Crippen LogP contribution in [0.3, 0.4) is 0 Å². The van der Waals surface area contributed by atoms with Crippen LogP contribution in [-0.4, -0.2) is 28.3 Å². The van der Waals surface area contributed by atoms with Gasteiger partial charge in [0.2, 0.25) is 0 Å². The maximum Gasteiger partial charge on any atom is 0 e. The van der Waals surface area contributed by atoms with Crippen LogP contribution in [0.4, 0.5) is 0 Å². The average molecular weight is 803 g/mol. The number of benzene rings is 1. The van der Waals surface area contributed by atoms with Crippen molar-refractivity contribution < 1.29 is 31.6 Å². The van der Waals surface area contributed by atoms with Gasteiger partial charge in [-0.25, -0.2) is 0 Å². The number of halogens is 1. The van der Waals surface area contributed by atoms with Gasteiger partial charge >= 0.3 is 24.8 Å². The van der Waals surface area contributed by atoms with Gasteiger partial charge in [0.05, 0.1) is 6.07 Å². The van der Waals surface area contributed by atoms with Crippen LogP contribution in [0.2, 0.25) is 0 Å². The minimum absolute atomic E-state index is 0. The molecule has 0 saturated heterocycles. The maximum absolute atomic E-state index is 8.27. The van der Waals surface area contributed by atoms with Crippen molar-refractivity contribution in [3.63, 3.8) is 0 Å². The molecule has 1 aromatic carbocycles. The molecule has 7 rings (SSSR count). The molecule has 6 aliphatic carbocycles. The molecular formula is C43H60ClFeNNiP2-. The van der Waals surface area contributed by atoms with Crippen LogP contribution in [0.1, 0.15) is 141 Å². The molecule has 6 aliphatic rings. The van der Waals surface area contributed by atoms with Crippen molar-refractivity contribution in [2.75, 3.05) is 0 Å². The number of nitriles is 1. The minimum Gasteiger partial charge on any atom is 0 e. The minimum atomic E-state index is 0. The van der Waals surface area contributed by atoms with Crippen LogP contribution in [-0.2, 0) is 31.6 Å². The molecule has 0 N–H and O–H groups in total. The van der Waals surface area contributed by atoms with Crippen molar-refractivity contribution in [2.45, 2.75) is 164 Å². The standard InChI is InChI=1S/C31H51P2.C7H4N.C5H5.ClH.Fe.Ni/c1-25(32(26-15-6-2-7-16-26)27-17-8-3-9-18-27)30-23-14-24-31(30)33(28-19-10-4-11-20-28)29-21-12-5-13-22-29;8-6-7-4-2-1-3-5-7;1-2-4-5-3-1;;;/h14,23-29H,2-13,15-22H2,1H3;2-5H;1-5H;1H;;/q;-1;;;;+1/p-1/t25-;;;;;/m1...../s1. The summed E-state index contributed by atoms with van der Waals surface area (Å²) in [5.41, 5.74) is 7.70. The van der Waals surface area contributed by atoms with Gasteiger partial charge < -0.3 is 0 Å².